The SMILES string of the molecule is O=C(/C=C\c1ccccc1)Nc1ccc([N+](=O)[O-])cc1Cl. The van der Waals surface area contributed by atoms with Crippen LogP contribution in [0, 0.1) is 10.1 Å². The van der Waals surface area contributed by atoms with Crippen molar-refractivity contribution in [3.63, 3.8) is 0 Å². The van der Waals surface area contributed by atoms with Gasteiger partial charge in [0.15, 0.2) is 0 Å². The van der Waals surface area contributed by atoms with Crippen LogP contribution in [0.1, 0.15) is 5.56 Å². The van der Waals surface area contributed by atoms with Gasteiger partial charge in [-0.1, -0.05) is 41.9 Å². The number of carbonyl (C=O) groups is 1. The first kappa shape index (κ1) is 14.7. The normalized spacial score (nSPS) is 10.5. The average Bonchev–Trinajstić information content (AvgIpc) is 2.48. The Bertz CT molecular complexity index is 699. The molecule has 0 aromatic heterocycles. The first-order chi connectivity index (χ1) is 10.1. The number of hydrogen-bond donors (Lipinski definition) is 1. The zero-order chi connectivity index (χ0) is 15.2. The maximum Gasteiger partial charge on any atom is 0.271 e. The Labute approximate surface area is 126 Å². The molecular weight excluding hydrogens is 292 g/mol. The highest BCUT2D eigenvalue weighted by molar-refractivity contribution is 6.34. The van der Waals surface area contributed by atoms with E-state index in [9.17, 15) is 14.9 Å². The van der Waals surface area contributed by atoms with Crippen molar-refractivity contribution >= 4 is 35.0 Å². The van der Waals surface area contributed by atoms with Gasteiger partial charge >= 0.3 is 0 Å². The van der Waals surface area contributed by atoms with Gasteiger partial charge in [-0.15, -0.1) is 0 Å². The molecule has 0 bridgehead atoms. The minimum absolute atomic E-state index is 0.116. The first-order valence-electron chi connectivity index (χ1n) is 6.04. The molecule has 0 heterocycles. The van der Waals surface area contributed by atoms with Crippen LogP contribution in [0.15, 0.2) is 54.6 Å². The van der Waals surface area contributed by atoms with Crippen molar-refractivity contribution in [3.05, 3.63) is 75.3 Å². The van der Waals surface area contributed by atoms with Crippen LogP contribution in [0.25, 0.3) is 6.08 Å². The number of hydrogen-bond acceptors (Lipinski definition) is 3. The molecule has 0 spiro atoms. The fraction of sp³-hybridized carbons (Fsp3) is 0. The van der Waals surface area contributed by atoms with E-state index in [1.165, 1.54) is 24.3 Å². The van der Waals surface area contributed by atoms with E-state index in [2.05, 4.69) is 5.32 Å². The Kier molecular flexibility index (Phi) is 4.68. The predicted octanol–water partition coefficient (Wildman–Crippen LogP) is 3.90. The van der Waals surface area contributed by atoms with Crippen molar-refractivity contribution in [1.82, 2.24) is 0 Å². The van der Waals surface area contributed by atoms with Crippen molar-refractivity contribution in [2.45, 2.75) is 0 Å². The van der Waals surface area contributed by atoms with E-state index in [1.54, 1.807) is 6.08 Å². The zero-order valence-corrected chi connectivity index (χ0v) is 11.6. The number of nitrogens with one attached hydrogen (secondary N) is 1. The summed E-state index contributed by atoms with van der Waals surface area (Å²) in [5, 5.41) is 13.3. The molecule has 2 rings (SSSR count). The number of benzene rings is 2. The van der Waals surface area contributed by atoms with Crippen molar-refractivity contribution < 1.29 is 9.72 Å². The molecule has 1 amide bonds. The highest BCUT2D eigenvalue weighted by Crippen LogP contribution is 2.26. The van der Waals surface area contributed by atoms with E-state index in [1.807, 2.05) is 30.3 Å². The number of rotatable bonds is 4. The van der Waals surface area contributed by atoms with Gasteiger partial charge < -0.3 is 5.32 Å². The van der Waals surface area contributed by atoms with Crippen molar-refractivity contribution in [2.75, 3.05) is 5.32 Å². The van der Waals surface area contributed by atoms with Crippen LogP contribution in [-0.4, -0.2) is 10.8 Å². The Hall–Kier alpha value is -2.66. The molecule has 0 aliphatic rings. The van der Waals surface area contributed by atoms with E-state index in [0.717, 1.165) is 5.56 Å². The molecule has 106 valence electrons. The molecular formula is C15H11ClN2O3. The molecule has 2 aromatic rings. The molecule has 5 nitrogen and oxygen atoms in total. The summed E-state index contributed by atoms with van der Waals surface area (Å²) in [6, 6.07) is 13.2. The Morgan fingerprint density at radius 2 is 1.90 bits per heavy atom. The molecule has 0 aliphatic carbocycles. The second kappa shape index (κ2) is 6.67. The molecule has 0 aliphatic heterocycles. The molecule has 21 heavy (non-hydrogen) atoms. The molecule has 0 fully saturated rings. The number of halogens is 1. The summed E-state index contributed by atoms with van der Waals surface area (Å²) in [7, 11) is 0. The minimum Gasteiger partial charge on any atom is -0.321 e. The maximum atomic E-state index is 11.8. The van der Waals surface area contributed by atoms with Gasteiger partial charge in [0, 0.05) is 18.2 Å². The molecule has 0 atom stereocenters. The fourth-order valence-electron chi connectivity index (χ4n) is 1.63. The summed E-state index contributed by atoms with van der Waals surface area (Å²) in [5.74, 6) is -0.366. The van der Waals surface area contributed by atoms with E-state index in [0.29, 0.717) is 5.69 Å². The second-order valence-electron chi connectivity index (χ2n) is 4.15. The number of amides is 1. The highest BCUT2D eigenvalue weighted by Gasteiger charge is 2.10. The topological polar surface area (TPSA) is 72.2 Å². The molecule has 0 unspecified atom stereocenters. The van der Waals surface area contributed by atoms with Gasteiger partial charge in [-0.2, -0.15) is 0 Å². The van der Waals surface area contributed by atoms with E-state index < -0.39 is 4.92 Å². The van der Waals surface area contributed by atoms with E-state index in [4.69, 9.17) is 11.6 Å². The van der Waals surface area contributed by atoms with Gasteiger partial charge in [0.1, 0.15) is 0 Å². The monoisotopic (exact) mass is 302 g/mol. The van der Waals surface area contributed by atoms with Crippen molar-refractivity contribution in [1.29, 1.82) is 0 Å². The van der Waals surface area contributed by atoms with Crippen LogP contribution >= 0.6 is 11.6 Å². The van der Waals surface area contributed by atoms with Gasteiger partial charge in [-0.25, -0.2) is 0 Å². The summed E-state index contributed by atoms with van der Waals surface area (Å²) in [6.07, 6.45) is 3.03. The molecule has 1 N–H and O–H groups in total. The molecule has 2 aromatic carbocycles. The van der Waals surface area contributed by atoms with Gasteiger partial charge in [-0.3, -0.25) is 14.9 Å². The Morgan fingerprint density at radius 1 is 1.19 bits per heavy atom. The predicted molar refractivity (Wildman–Crippen MR) is 82.2 cm³/mol. The third-order valence-corrected chi connectivity index (χ3v) is 2.96. The fourth-order valence-corrected chi connectivity index (χ4v) is 1.85. The Balaban J connectivity index is 2.06. The third kappa shape index (κ3) is 4.15. The number of nitrogens with zero attached hydrogens (tertiary/aromatic N) is 1. The summed E-state index contributed by atoms with van der Waals surface area (Å²) in [4.78, 5) is 21.8. The minimum atomic E-state index is -0.549. The molecule has 0 saturated carbocycles. The molecule has 6 heteroatoms. The van der Waals surface area contributed by atoms with Crippen molar-refractivity contribution in [3.8, 4) is 0 Å². The van der Waals surface area contributed by atoms with E-state index in [-0.39, 0.29) is 16.6 Å². The number of carbonyl (C=O) groups excluding carboxylic acids is 1. The molecule has 0 radical (unpaired) electrons. The van der Waals surface area contributed by atoms with Crippen LogP contribution in [0.4, 0.5) is 11.4 Å². The van der Waals surface area contributed by atoms with E-state index >= 15 is 0 Å². The smallest absolute Gasteiger partial charge is 0.271 e. The lowest BCUT2D eigenvalue weighted by Gasteiger charge is -2.04. The second-order valence-corrected chi connectivity index (χ2v) is 4.56. The quantitative estimate of drug-likeness (QED) is 0.529. The van der Waals surface area contributed by atoms with Gasteiger partial charge in [0.25, 0.3) is 5.69 Å². The largest absolute Gasteiger partial charge is 0.321 e. The lowest BCUT2D eigenvalue weighted by Crippen LogP contribution is -2.08. The van der Waals surface area contributed by atoms with Crippen LogP contribution in [0.3, 0.4) is 0 Å². The molecule has 0 saturated heterocycles. The average molecular weight is 303 g/mol. The summed E-state index contributed by atoms with van der Waals surface area (Å²) in [5.41, 5.74) is 1.09. The van der Waals surface area contributed by atoms with Gasteiger partial charge in [0.2, 0.25) is 5.91 Å². The standard InChI is InChI=1S/C15H11ClN2O3/c16-13-10-12(18(20)21)7-8-14(13)17-15(19)9-6-11-4-2-1-3-5-11/h1-10H,(H,17,19)/b9-6-. The van der Waals surface area contributed by atoms with Crippen LogP contribution in [0.2, 0.25) is 5.02 Å². The van der Waals surface area contributed by atoms with Gasteiger partial charge in [0.05, 0.1) is 15.6 Å². The maximum absolute atomic E-state index is 11.8. The highest BCUT2D eigenvalue weighted by atomic mass is 35.5. The zero-order valence-electron chi connectivity index (χ0n) is 10.8. The lowest BCUT2D eigenvalue weighted by atomic mass is 10.2. The third-order valence-electron chi connectivity index (χ3n) is 2.65. The summed E-state index contributed by atoms with van der Waals surface area (Å²) in [6.45, 7) is 0. The van der Waals surface area contributed by atoms with Crippen molar-refractivity contribution in [2.24, 2.45) is 0 Å². The summed E-state index contributed by atoms with van der Waals surface area (Å²) < 4.78 is 0. The van der Waals surface area contributed by atoms with Crippen LogP contribution < -0.4 is 5.32 Å². The van der Waals surface area contributed by atoms with Gasteiger partial charge in [-0.05, 0) is 17.7 Å². The van der Waals surface area contributed by atoms with Crippen LogP contribution in [-0.2, 0) is 4.79 Å². The number of non-ortho nitro benzene ring substituents is 1. The Morgan fingerprint density at radius 3 is 2.52 bits per heavy atom. The number of nitro groups is 1. The number of nitro benzene ring substituents is 1. The summed E-state index contributed by atoms with van der Waals surface area (Å²) >= 11 is 5.89. The van der Waals surface area contributed by atoms with Crippen LogP contribution in [0.5, 0.6) is 0 Å². The lowest BCUT2D eigenvalue weighted by molar-refractivity contribution is -0.384. The first-order valence-corrected chi connectivity index (χ1v) is 6.42. The number of anilines is 1.